The Kier molecular flexibility index (Phi) is 6.47. The van der Waals surface area contributed by atoms with E-state index in [1.54, 1.807) is 11.3 Å². The number of nitrogens with zero attached hydrogens (tertiary/aromatic N) is 4. The lowest BCUT2D eigenvalue weighted by Gasteiger charge is -2.22. The van der Waals surface area contributed by atoms with Crippen molar-refractivity contribution in [2.75, 3.05) is 20.1 Å². The van der Waals surface area contributed by atoms with Gasteiger partial charge in [-0.3, -0.25) is 4.99 Å². The molecule has 126 valence electrons. The zero-order chi connectivity index (χ0) is 16.8. The lowest BCUT2D eigenvalue weighted by atomic mass is 10.3. The number of nitrogens with one attached hydrogen (secondary N) is 1. The van der Waals surface area contributed by atoms with Crippen LogP contribution in [0.3, 0.4) is 0 Å². The normalized spacial score (nSPS) is 11.8. The fraction of sp³-hybridized carbons (Fsp3) is 0.500. The standard InChI is InChI=1S/C16H24ClN5S/c1-5-18-16(19-7-6-14-11-23-12(2)20-14)22(4)10-15-8-13(17)9-21(15)3/h8-9,11H,5-7,10H2,1-4H3,(H,18,19). The Labute approximate surface area is 147 Å². The van der Waals surface area contributed by atoms with Crippen LogP contribution in [0.5, 0.6) is 0 Å². The second-order valence-electron chi connectivity index (χ2n) is 5.46. The van der Waals surface area contributed by atoms with Crippen molar-refractivity contribution in [1.82, 2.24) is 19.8 Å². The summed E-state index contributed by atoms with van der Waals surface area (Å²) in [5.41, 5.74) is 2.27. The number of rotatable bonds is 6. The van der Waals surface area contributed by atoms with Crippen molar-refractivity contribution in [3.63, 3.8) is 0 Å². The monoisotopic (exact) mass is 353 g/mol. The topological polar surface area (TPSA) is 45.5 Å². The van der Waals surface area contributed by atoms with Gasteiger partial charge in [-0.1, -0.05) is 11.6 Å². The van der Waals surface area contributed by atoms with Gasteiger partial charge in [-0.2, -0.15) is 0 Å². The molecule has 0 aromatic carbocycles. The molecule has 0 aliphatic heterocycles. The molecule has 0 unspecified atom stereocenters. The number of aliphatic imine (C=N–C) groups is 1. The maximum absolute atomic E-state index is 6.05. The molecular weight excluding hydrogens is 330 g/mol. The van der Waals surface area contributed by atoms with E-state index in [2.05, 4.69) is 27.5 Å². The summed E-state index contributed by atoms with van der Waals surface area (Å²) in [6.07, 6.45) is 2.78. The van der Waals surface area contributed by atoms with Crippen LogP contribution in [0.25, 0.3) is 0 Å². The average molecular weight is 354 g/mol. The van der Waals surface area contributed by atoms with E-state index in [-0.39, 0.29) is 0 Å². The smallest absolute Gasteiger partial charge is 0.194 e. The number of thiazole rings is 1. The first-order chi connectivity index (χ1) is 11.0. The first-order valence-corrected chi connectivity index (χ1v) is 8.96. The Bertz CT molecular complexity index is 661. The predicted octanol–water partition coefficient (Wildman–Crippen LogP) is 3.08. The molecule has 2 rings (SSSR count). The highest BCUT2D eigenvalue weighted by Gasteiger charge is 2.09. The molecule has 0 amide bonds. The van der Waals surface area contributed by atoms with Crippen molar-refractivity contribution in [2.45, 2.75) is 26.8 Å². The fourth-order valence-electron chi connectivity index (χ4n) is 2.31. The minimum absolute atomic E-state index is 0.726. The van der Waals surface area contributed by atoms with Crippen molar-refractivity contribution in [1.29, 1.82) is 0 Å². The summed E-state index contributed by atoms with van der Waals surface area (Å²) in [6, 6.07) is 1.99. The number of aryl methyl sites for hydroxylation is 2. The molecule has 0 bridgehead atoms. The Morgan fingerprint density at radius 1 is 1.52 bits per heavy atom. The third-order valence-corrected chi connectivity index (χ3v) is 4.50. The number of halogens is 1. The van der Waals surface area contributed by atoms with Gasteiger partial charge in [0.05, 0.1) is 22.3 Å². The van der Waals surface area contributed by atoms with E-state index in [0.29, 0.717) is 0 Å². The van der Waals surface area contributed by atoms with E-state index in [1.165, 1.54) is 0 Å². The Morgan fingerprint density at radius 2 is 2.30 bits per heavy atom. The van der Waals surface area contributed by atoms with Gasteiger partial charge in [0.1, 0.15) is 0 Å². The molecule has 2 aromatic rings. The van der Waals surface area contributed by atoms with E-state index < -0.39 is 0 Å². The molecule has 7 heteroatoms. The SMILES string of the molecule is CCNC(=NCCc1csc(C)n1)N(C)Cc1cc(Cl)cn1C. The van der Waals surface area contributed by atoms with Crippen LogP contribution in [0.4, 0.5) is 0 Å². The average Bonchev–Trinajstić information content (AvgIpc) is 3.03. The molecular formula is C16H24ClN5S. The molecule has 0 saturated heterocycles. The van der Waals surface area contributed by atoms with E-state index >= 15 is 0 Å². The summed E-state index contributed by atoms with van der Waals surface area (Å²) in [6.45, 7) is 6.42. The van der Waals surface area contributed by atoms with E-state index in [0.717, 1.165) is 53.4 Å². The molecule has 2 heterocycles. The molecule has 2 aromatic heterocycles. The Hall–Kier alpha value is -1.53. The zero-order valence-corrected chi connectivity index (χ0v) is 15.7. The Morgan fingerprint density at radius 3 is 2.87 bits per heavy atom. The van der Waals surface area contributed by atoms with Gasteiger partial charge in [0.2, 0.25) is 0 Å². The highest BCUT2D eigenvalue weighted by atomic mass is 35.5. The van der Waals surface area contributed by atoms with Gasteiger partial charge in [0, 0.05) is 50.9 Å². The van der Waals surface area contributed by atoms with Gasteiger partial charge < -0.3 is 14.8 Å². The first kappa shape index (κ1) is 17.8. The zero-order valence-electron chi connectivity index (χ0n) is 14.1. The first-order valence-electron chi connectivity index (χ1n) is 7.70. The third kappa shape index (κ3) is 5.25. The summed E-state index contributed by atoms with van der Waals surface area (Å²) in [5, 5.41) is 7.31. The molecule has 0 aliphatic carbocycles. The van der Waals surface area contributed by atoms with Crippen LogP contribution in [-0.2, 0) is 20.0 Å². The van der Waals surface area contributed by atoms with Crippen LogP contribution in [-0.4, -0.2) is 40.5 Å². The van der Waals surface area contributed by atoms with Gasteiger partial charge in [-0.15, -0.1) is 11.3 Å². The largest absolute Gasteiger partial charge is 0.357 e. The number of aromatic nitrogens is 2. The van der Waals surface area contributed by atoms with Crippen LogP contribution in [0.1, 0.15) is 23.3 Å². The van der Waals surface area contributed by atoms with Crippen molar-refractivity contribution in [3.05, 3.63) is 39.1 Å². The summed E-state index contributed by atoms with van der Waals surface area (Å²) in [7, 11) is 4.04. The molecule has 0 fully saturated rings. The molecule has 0 saturated carbocycles. The number of hydrogen-bond donors (Lipinski definition) is 1. The number of guanidine groups is 1. The van der Waals surface area contributed by atoms with Gasteiger partial charge in [0.15, 0.2) is 5.96 Å². The molecule has 23 heavy (non-hydrogen) atoms. The van der Waals surface area contributed by atoms with Gasteiger partial charge in [-0.25, -0.2) is 4.98 Å². The van der Waals surface area contributed by atoms with Crippen molar-refractivity contribution in [2.24, 2.45) is 12.0 Å². The molecule has 0 atom stereocenters. The van der Waals surface area contributed by atoms with Crippen molar-refractivity contribution < 1.29 is 0 Å². The molecule has 1 N–H and O–H groups in total. The summed E-state index contributed by atoms with van der Waals surface area (Å²) in [5.74, 6) is 0.900. The molecule has 5 nitrogen and oxygen atoms in total. The molecule has 0 radical (unpaired) electrons. The quantitative estimate of drug-likeness (QED) is 0.641. The molecule has 0 aliphatic rings. The van der Waals surface area contributed by atoms with Crippen LogP contribution < -0.4 is 5.32 Å². The van der Waals surface area contributed by atoms with Crippen LogP contribution in [0.15, 0.2) is 22.6 Å². The highest BCUT2D eigenvalue weighted by Crippen LogP contribution is 2.14. The summed E-state index contributed by atoms with van der Waals surface area (Å²) in [4.78, 5) is 11.3. The maximum Gasteiger partial charge on any atom is 0.194 e. The molecule has 0 spiro atoms. The fourth-order valence-corrected chi connectivity index (χ4v) is 3.23. The predicted molar refractivity (Wildman–Crippen MR) is 98.4 cm³/mol. The van der Waals surface area contributed by atoms with E-state index in [4.69, 9.17) is 16.6 Å². The maximum atomic E-state index is 6.05. The minimum Gasteiger partial charge on any atom is -0.357 e. The van der Waals surface area contributed by atoms with E-state index in [1.807, 2.05) is 37.8 Å². The minimum atomic E-state index is 0.726. The van der Waals surface area contributed by atoms with Gasteiger partial charge in [-0.05, 0) is 19.9 Å². The van der Waals surface area contributed by atoms with Crippen LogP contribution >= 0.6 is 22.9 Å². The lowest BCUT2D eigenvalue weighted by molar-refractivity contribution is 0.462. The highest BCUT2D eigenvalue weighted by molar-refractivity contribution is 7.09. The second-order valence-corrected chi connectivity index (χ2v) is 6.96. The van der Waals surface area contributed by atoms with E-state index in [9.17, 15) is 0 Å². The van der Waals surface area contributed by atoms with Crippen LogP contribution in [0, 0.1) is 6.92 Å². The van der Waals surface area contributed by atoms with Gasteiger partial charge in [0.25, 0.3) is 0 Å². The second kappa shape index (κ2) is 8.36. The van der Waals surface area contributed by atoms with Crippen molar-refractivity contribution >= 4 is 28.9 Å². The lowest BCUT2D eigenvalue weighted by Crippen LogP contribution is -2.39. The third-order valence-electron chi connectivity index (χ3n) is 3.47. The van der Waals surface area contributed by atoms with Crippen LogP contribution in [0.2, 0.25) is 5.02 Å². The Balaban J connectivity index is 1.98. The number of hydrogen-bond acceptors (Lipinski definition) is 3. The summed E-state index contributed by atoms with van der Waals surface area (Å²) < 4.78 is 2.04. The van der Waals surface area contributed by atoms with Gasteiger partial charge >= 0.3 is 0 Å². The van der Waals surface area contributed by atoms with Crippen molar-refractivity contribution in [3.8, 4) is 0 Å². The summed E-state index contributed by atoms with van der Waals surface area (Å²) >= 11 is 7.74.